The van der Waals surface area contributed by atoms with Crippen LogP contribution in [0.25, 0.3) is 12.2 Å². The standard InChI is InChI=1S/C18H13F3N4/c19-18(20,21)16-9-11-23-17(25-16)24-15-6-3-4-13(12-15)7-8-14-5-1-2-10-22-14/h1-12H,(H,23,24,25). The third kappa shape index (κ3) is 4.63. The van der Waals surface area contributed by atoms with E-state index in [1.807, 2.05) is 36.4 Å². The SMILES string of the molecule is FC(F)(F)c1ccnc(Nc2cccc(C=Cc3ccccn3)c2)n1. The Balaban J connectivity index is 1.77. The summed E-state index contributed by atoms with van der Waals surface area (Å²) in [6.45, 7) is 0. The van der Waals surface area contributed by atoms with E-state index in [-0.39, 0.29) is 5.95 Å². The van der Waals surface area contributed by atoms with E-state index in [9.17, 15) is 13.2 Å². The van der Waals surface area contributed by atoms with Crippen LogP contribution >= 0.6 is 0 Å². The quantitative estimate of drug-likeness (QED) is 0.740. The van der Waals surface area contributed by atoms with Gasteiger partial charge in [0, 0.05) is 18.1 Å². The molecule has 0 spiro atoms. The number of nitrogens with one attached hydrogen (secondary N) is 1. The summed E-state index contributed by atoms with van der Waals surface area (Å²) in [5.74, 6) is -0.110. The van der Waals surface area contributed by atoms with E-state index in [0.717, 1.165) is 23.5 Å². The first kappa shape index (κ1) is 16.6. The van der Waals surface area contributed by atoms with Gasteiger partial charge in [-0.3, -0.25) is 4.98 Å². The molecule has 2 heterocycles. The maximum Gasteiger partial charge on any atom is 0.433 e. The van der Waals surface area contributed by atoms with Crippen molar-refractivity contribution >= 4 is 23.8 Å². The zero-order chi connectivity index (χ0) is 17.7. The first-order valence-corrected chi connectivity index (χ1v) is 7.37. The number of alkyl halides is 3. The summed E-state index contributed by atoms with van der Waals surface area (Å²) < 4.78 is 38.1. The van der Waals surface area contributed by atoms with Crippen LogP contribution in [0.2, 0.25) is 0 Å². The molecule has 0 saturated heterocycles. The number of rotatable bonds is 4. The molecule has 1 N–H and O–H groups in total. The molecule has 3 aromatic rings. The lowest BCUT2D eigenvalue weighted by atomic mass is 10.1. The van der Waals surface area contributed by atoms with Gasteiger partial charge in [-0.2, -0.15) is 13.2 Å². The number of nitrogens with zero attached hydrogens (tertiary/aromatic N) is 3. The van der Waals surface area contributed by atoms with E-state index in [1.54, 1.807) is 24.4 Å². The van der Waals surface area contributed by atoms with Gasteiger partial charge in [-0.1, -0.05) is 24.3 Å². The van der Waals surface area contributed by atoms with Crippen molar-refractivity contribution in [2.75, 3.05) is 5.32 Å². The minimum atomic E-state index is -4.51. The summed E-state index contributed by atoms with van der Waals surface area (Å²) in [5.41, 5.74) is 1.27. The number of aromatic nitrogens is 3. The molecule has 0 atom stereocenters. The Morgan fingerprint density at radius 3 is 2.52 bits per heavy atom. The van der Waals surface area contributed by atoms with E-state index in [0.29, 0.717) is 5.69 Å². The second-order valence-corrected chi connectivity index (χ2v) is 5.10. The molecule has 0 amide bonds. The molecular formula is C18H13F3N4. The molecule has 25 heavy (non-hydrogen) atoms. The highest BCUT2D eigenvalue weighted by molar-refractivity contribution is 5.70. The third-order valence-corrected chi connectivity index (χ3v) is 3.22. The lowest BCUT2D eigenvalue weighted by Gasteiger charge is -2.09. The molecule has 1 aromatic carbocycles. The number of hydrogen-bond acceptors (Lipinski definition) is 4. The van der Waals surface area contributed by atoms with Crippen molar-refractivity contribution in [3.63, 3.8) is 0 Å². The molecule has 0 aliphatic heterocycles. The van der Waals surface area contributed by atoms with Gasteiger partial charge < -0.3 is 5.32 Å². The molecule has 3 rings (SSSR count). The topological polar surface area (TPSA) is 50.7 Å². The van der Waals surface area contributed by atoms with E-state index in [2.05, 4.69) is 20.3 Å². The Morgan fingerprint density at radius 1 is 0.880 bits per heavy atom. The van der Waals surface area contributed by atoms with Crippen LogP contribution in [0.15, 0.2) is 60.9 Å². The van der Waals surface area contributed by atoms with Crippen molar-refractivity contribution in [1.82, 2.24) is 15.0 Å². The summed E-state index contributed by atoms with van der Waals surface area (Å²) in [5, 5.41) is 2.78. The maximum absolute atomic E-state index is 12.7. The number of anilines is 2. The summed E-state index contributed by atoms with van der Waals surface area (Å²) in [6, 6.07) is 13.6. The van der Waals surface area contributed by atoms with Gasteiger partial charge in [0.2, 0.25) is 5.95 Å². The largest absolute Gasteiger partial charge is 0.433 e. The highest BCUT2D eigenvalue weighted by Gasteiger charge is 2.32. The second-order valence-electron chi connectivity index (χ2n) is 5.10. The predicted octanol–water partition coefficient (Wildman–Crippen LogP) is 4.80. The monoisotopic (exact) mass is 342 g/mol. The Labute approximate surface area is 142 Å². The molecule has 126 valence electrons. The first-order valence-electron chi connectivity index (χ1n) is 7.37. The van der Waals surface area contributed by atoms with Gasteiger partial charge in [0.25, 0.3) is 0 Å². The highest BCUT2D eigenvalue weighted by atomic mass is 19.4. The lowest BCUT2D eigenvalue weighted by molar-refractivity contribution is -0.141. The Hall–Kier alpha value is -3.22. The number of pyridine rings is 1. The molecule has 0 aliphatic carbocycles. The first-order chi connectivity index (χ1) is 12.0. The van der Waals surface area contributed by atoms with E-state index < -0.39 is 11.9 Å². The molecule has 0 unspecified atom stereocenters. The van der Waals surface area contributed by atoms with Crippen molar-refractivity contribution in [2.45, 2.75) is 6.18 Å². The summed E-state index contributed by atoms with van der Waals surface area (Å²) in [7, 11) is 0. The average Bonchev–Trinajstić information content (AvgIpc) is 2.61. The van der Waals surface area contributed by atoms with Gasteiger partial charge in [-0.15, -0.1) is 0 Å². The lowest BCUT2D eigenvalue weighted by Crippen LogP contribution is -2.10. The predicted molar refractivity (Wildman–Crippen MR) is 89.9 cm³/mol. The fraction of sp³-hybridized carbons (Fsp3) is 0.0556. The van der Waals surface area contributed by atoms with Crippen LogP contribution in [-0.2, 0) is 6.18 Å². The van der Waals surface area contributed by atoms with E-state index >= 15 is 0 Å². The molecule has 4 nitrogen and oxygen atoms in total. The summed E-state index contributed by atoms with van der Waals surface area (Å²) >= 11 is 0. The van der Waals surface area contributed by atoms with Crippen LogP contribution in [0.5, 0.6) is 0 Å². The maximum atomic E-state index is 12.7. The molecule has 0 saturated carbocycles. The number of halogens is 3. The van der Waals surface area contributed by atoms with Crippen molar-refractivity contribution in [3.8, 4) is 0 Å². The molecule has 0 bridgehead atoms. The Morgan fingerprint density at radius 2 is 1.76 bits per heavy atom. The smallest absolute Gasteiger partial charge is 0.324 e. The van der Waals surface area contributed by atoms with Crippen LogP contribution in [0.3, 0.4) is 0 Å². The molecule has 0 aliphatic rings. The van der Waals surface area contributed by atoms with Gasteiger partial charge >= 0.3 is 6.18 Å². The van der Waals surface area contributed by atoms with Crippen LogP contribution < -0.4 is 5.32 Å². The Bertz CT molecular complexity index is 877. The highest BCUT2D eigenvalue weighted by Crippen LogP contribution is 2.28. The summed E-state index contributed by atoms with van der Waals surface area (Å²) in [6.07, 6.45) is 1.97. The van der Waals surface area contributed by atoms with E-state index in [1.165, 1.54) is 0 Å². The van der Waals surface area contributed by atoms with Crippen molar-refractivity contribution in [1.29, 1.82) is 0 Å². The van der Waals surface area contributed by atoms with Crippen LogP contribution in [-0.4, -0.2) is 15.0 Å². The number of benzene rings is 1. The Kier molecular flexibility index (Phi) is 4.74. The molecule has 0 fully saturated rings. The average molecular weight is 342 g/mol. The number of hydrogen-bond donors (Lipinski definition) is 1. The van der Waals surface area contributed by atoms with Crippen molar-refractivity contribution in [2.24, 2.45) is 0 Å². The van der Waals surface area contributed by atoms with Gasteiger partial charge in [0.05, 0.1) is 5.69 Å². The van der Waals surface area contributed by atoms with Gasteiger partial charge in [0.15, 0.2) is 0 Å². The minimum absolute atomic E-state index is 0.110. The van der Waals surface area contributed by atoms with Gasteiger partial charge in [-0.05, 0) is 42.0 Å². The normalized spacial score (nSPS) is 11.6. The fourth-order valence-electron chi connectivity index (χ4n) is 2.08. The second kappa shape index (κ2) is 7.12. The minimum Gasteiger partial charge on any atom is -0.324 e. The zero-order valence-corrected chi connectivity index (χ0v) is 12.9. The van der Waals surface area contributed by atoms with Crippen molar-refractivity contribution < 1.29 is 13.2 Å². The molecule has 7 heteroatoms. The third-order valence-electron chi connectivity index (χ3n) is 3.22. The molecular weight excluding hydrogens is 329 g/mol. The zero-order valence-electron chi connectivity index (χ0n) is 12.9. The van der Waals surface area contributed by atoms with Gasteiger partial charge in [0.1, 0.15) is 5.69 Å². The van der Waals surface area contributed by atoms with Gasteiger partial charge in [-0.25, -0.2) is 9.97 Å². The molecule has 0 radical (unpaired) electrons. The molecule has 2 aromatic heterocycles. The summed E-state index contributed by atoms with van der Waals surface area (Å²) in [4.78, 5) is 11.5. The van der Waals surface area contributed by atoms with Crippen LogP contribution in [0, 0.1) is 0 Å². The van der Waals surface area contributed by atoms with Crippen molar-refractivity contribution in [3.05, 3.63) is 77.9 Å². The van der Waals surface area contributed by atoms with Crippen LogP contribution in [0.1, 0.15) is 17.0 Å². The van der Waals surface area contributed by atoms with Crippen LogP contribution in [0.4, 0.5) is 24.8 Å². The fourth-order valence-corrected chi connectivity index (χ4v) is 2.08. The van der Waals surface area contributed by atoms with E-state index in [4.69, 9.17) is 0 Å².